The number of hydrogen-bond donors (Lipinski definition) is 1. The fourth-order valence-electron chi connectivity index (χ4n) is 2.88. The Hall–Kier alpha value is -2.04. The molecule has 0 unspecified atom stereocenters. The first-order valence-corrected chi connectivity index (χ1v) is 8.92. The van der Waals surface area contributed by atoms with Gasteiger partial charge in [-0.25, -0.2) is 0 Å². The van der Waals surface area contributed by atoms with Crippen LogP contribution in [0.25, 0.3) is 0 Å². The topological polar surface area (TPSA) is 47.6 Å². The number of rotatable bonds is 6. The zero-order chi connectivity index (χ0) is 17.3. The van der Waals surface area contributed by atoms with Crippen LogP contribution in [-0.4, -0.2) is 25.7 Å². The maximum absolute atomic E-state index is 12.6. The van der Waals surface area contributed by atoms with Crippen LogP contribution in [0.1, 0.15) is 28.8 Å². The number of carbonyl (C=O) groups is 1. The Balaban J connectivity index is 1.43. The molecule has 5 heteroatoms. The Morgan fingerprint density at radius 1 is 1.12 bits per heavy atom. The second kappa shape index (κ2) is 6.70. The van der Waals surface area contributed by atoms with Crippen molar-refractivity contribution in [2.75, 3.05) is 19.8 Å². The van der Waals surface area contributed by atoms with Crippen molar-refractivity contribution in [1.82, 2.24) is 5.32 Å². The fraction of sp³-hybridized carbons (Fsp3) is 0.350. The molecule has 130 valence electrons. The summed E-state index contributed by atoms with van der Waals surface area (Å²) in [4.78, 5) is 12.6. The van der Waals surface area contributed by atoms with E-state index in [9.17, 15) is 4.79 Å². The molecule has 4 nitrogen and oxygen atoms in total. The molecule has 1 saturated heterocycles. The van der Waals surface area contributed by atoms with Gasteiger partial charge < -0.3 is 14.8 Å². The number of halogens is 1. The molecule has 2 aliphatic rings. The highest BCUT2D eigenvalue weighted by Gasteiger charge is 2.41. The Morgan fingerprint density at radius 2 is 1.80 bits per heavy atom. The van der Waals surface area contributed by atoms with Crippen LogP contribution < -0.4 is 10.1 Å². The average molecular weight is 358 g/mol. The summed E-state index contributed by atoms with van der Waals surface area (Å²) in [5.41, 5.74) is 1.13. The summed E-state index contributed by atoms with van der Waals surface area (Å²) in [7, 11) is 0. The molecule has 1 heterocycles. The van der Waals surface area contributed by atoms with E-state index in [1.807, 2.05) is 36.4 Å². The minimum Gasteiger partial charge on any atom is -0.493 e. The average Bonchev–Trinajstić information content (AvgIpc) is 3.42. The fourth-order valence-corrected chi connectivity index (χ4v) is 3.00. The zero-order valence-electron chi connectivity index (χ0n) is 13.8. The molecule has 25 heavy (non-hydrogen) atoms. The van der Waals surface area contributed by atoms with Crippen LogP contribution in [0, 0.1) is 5.92 Å². The third-order valence-corrected chi connectivity index (χ3v) is 5.00. The quantitative estimate of drug-likeness (QED) is 0.855. The van der Waals surface area contributed by atoms with Crippen molar-refractivity contribution < 1.29 is 14.3 Å². The van der Waals surface area contributed by atoms with Gasteiger partial charge in [0.1, 0.15) is 11.3 Å². The molecular weight excluding hydrogens is 338 g/mol. The monoisotopic (exact) mass is 357 g/mol. The molecular formula is C20H20ClNO3. The van der Waals surface area contributed by atoms with E-state index in [2.05, 4.69) is 5.32 Å². The Labute approximate surface area is 152 Å². The molecule has 2 fully saturated rings. The lowest BCUT2D eigenvalue weighted by atomic mass is 9.87. The number of ether oxygens (including phenoxy) is 2. The van der Waals surface area contributed by atoms with Crippen LogP contribution >= 0.6 is 11.6 Å². The summed E-state index contributed by atoms with van der Waals surface area (Å²) in [5.74, 6) is 1.40. The molecule has 1 N–H and O–H groups in total. The Kier molecular flexibility index (Phi) is 4.40. The summed E-state index contributed by atoms with van der Waals surface area (Å²) >= 11 is 5.96. The number of hydrogen-bond acceptors (Lipinski definition) is 3. The van der Waals surface area contributed by atoms with Crippen molar-refractivity contribution in [3.8, 4) is 5.75 Å². The summed E-state index contributed by atoms with van der Waals surface area (Å²) in [6.07, 6.45) is 2.52. The van der Waals surface area contributed by atoms with Crippen LogP contribution in [0.5, 0.6) is 5.75 Å². The van der Waals surface area contributed by atoms with E-state index >= 15 is 0 Å². The third-order valence-electron chi connectivity index (χ3n) is 4.75. The van der Waals surface area contributed by atoms with Gasteiger partial charge in [-0.2, -0.15) is 0 Å². The van der Waals surface area contributed by atoms with Gasteiger partial charge in [-0.05, 0) is 60.7 Å². The van der Waals surface area contributed by atoms with Crippen molar-refractivity contribution in [3.63, 3.8) is 0 Å². The highest BCUT2D eigenvalue weighted by Crippen LogP contribution is 2.31. The van der Waals surface area contributed by atoms with Crippen molar-refractivity contribution in [1.29, 1.82) is 0 Å². The van der Waals surface area contributed by atoms with Gasteiger partial charge in [0.05, 0.1) is 19.8 Å². The van der Waals surface area contributed by atoms with Crippen molar-refractivity contribution >= 4 is 17.5 Å². The van der Waals surface area contributed by atoms with Crippen LogP contribution in [0.3, 0.4) is 0 Å². The maximum Gasteiger partial charge on any atom is 0.252 e. The van der Waals surface area contributed by atoms with E-state index in [1.165, 1.54) is 12.8 Å². The van der Waals surface area contributed by atoms with Gasteiger partial charge in [-0.1, -0.05) is 23.7 Å². The molecule has 1 aliphatic heterocycles. The molecule has 0 radical (unpaired) electrons. The van der Waals surface area contributed by atoms with Gasteiger partial charge in [-0.3, -0.25) is 4.79 Å². The Morgan fingerprint density at radius 3 is 2.36 bits per heavy atom. The molecule has 1 saturated carbocycles. The SMILES string of the molecule is O=C(NC1(c2ccc(Cl)cc2)COC1)c1ccc(OCC2CC2)cc1. The molecule has 0 aromatic heterocycles. The van der Waals surface area contributed by atoms with Gasteiger partial charge in [0.25, 0.3) is 5.91 Å². The van der Waals surface area contributed by atoms with Crippen LogP contribution in [-0.2, 0) is 10.3 Å². The number of nitrogens with one attached hydrogen (secondary N) is 1. The predicted molar refractivity (Wildman–Crippen MR) is 96.1 cm³/mol. The summed E-state index contributed by atoms with van der Waals surface area (Å²) in [5, 5.41) is 3.79. The van der Waals surface area contributed by atoms with Crippen molar-refractivity contribution in [3.05, 3.63) is 64.7 Å². The molecule has 2 aromatic carbocycles. The van der Waals surface area contributed by atoms with E-state index in [4.69, 9.17) is 21.1 Å². The van der Waals surface area contributed by atoms with E-state index < -0.39 is 5.54 Å². The number of amides is 1. The third kappa shape index (κ3) is 3.65. The van der Waals surface area contributed by atoms with E-state index in [1.54, 1.807) is 12.1 Å². The normalized spacial score (nSPS) is 18.3. The molecule has 0 spiro atoms. The second-order valence-corrected chi connectivity index (χ2v) is 7.25. The largest absolute Gasteiger partial charge is 0.493 e. The molecule has 4 rings (SSSR count). The van der Waals surface area contributed by atoms with Gasteiger partial charge in [0.2, 0.25) is 0 Å². The lowest BCUT2D eigenvalue weighted by Gasteiger charge is -2.42. The number of carbonyl (C=O) groups excluding carboxylic acids is 1. The van der Waals surface area contributed by atoms with Gasteiger partial charge in [-0.15, -0.1) is 0 Å². The highest BCUT2D eigenvalue weighted by atomic mass is 35.5. The highest BCUT2D eigenvalue weighted by molar-refractivity contribution is 6.30. The number of benzene rings is 2. The smallest absolute Gasteiger partial charge is 0.252 e. The summed E-state index contributed by atoms with van der Waals surface area (Å²) in [6, 6.07) is 14.8. The van der Waals surface area contributed by atoms with Gasteiger partial charge >= 0.3 is 0 Å². The van der Waals surface area contributed by atoms with E-state index in [0.717, 1.165) is 17.9 Å². The van der Waals surface area contributed by atoms with Gasteiger partial charge in [0, 0.05) is 10.6 Å². The standard InChI is InChI=1S/C20H20ClNO3/c21-17-7-5-16(6-8-17)20(12-24-13-20)22-19(23)15-3-9-18(10-4-15)25-11-14-1-2-14/h3-10,14H,1-2,11-13H2,(H,22,23). The Bertz CT molecular complexity index is 750. The van der Waals surface area contributed by atoms with Gasteiger partial charge in [0.15, 0.2) is 0 Å². The molecule has 1 amide bonds. The van der Waals surface area contributed by atoms with E-state index in [0.29, 0.717) is 29.7 Å². The van der Waals surface area contributed by atoms with Crippen LogP contribution in [0.15, 0.2) is 48.5 Å². The molecule has 0 atom stereocenters. The predicted octanol–water partition coefficient (Wildman–Crippen LogP) is 3.78. The first-order valence-electron chi connectivity index (χ1n) is 8.54. The van der Waals surface area contributed by atoms with Crippen LogP contribution in [0.2, 0.25) is 5.02 Å². The molecule has 2 aromatic rings. The molecule has 1 aliphatic carbocycles. The van der Waals surface area contributed by atoms with Crippen LogP contribution in [0.4, 0.5) is 0 Å². The summed E-state index contributed by atoms with van der Waals surface area (Å²) < 4.78 is 11.1. The second-order valence-electron chi connectivity index (χ2n) is 6.81. The van der Waals surface area contributed by atoms with Crippen molar-refractivity contribution in [2.24, 2.45) is 5.92 Å². The summed E-state index contributed by atoms with van der Waals surface area (Å²) in [6.45, 7) is 1.69. The zero-order valence-corrected chi connectivity index (χ0v) is 14.6. The molecule has 0 bridgehead atoms. The first-order chi connectivity index (χ1) is 12.1. The first kappa shape index (κ1) is 16.4. The lowest BCUT2D eigenvalue weighted by molar-refractivity contribution is -0.0733. The van der Waals surface area contributed by atoms with Crippen molar-refractivity contribution in [2.45, 2.75) is 18.4 Å². The minimum atomic E-state index is -0.483. The lowest BCUT2D eigenvalue weighted by Crippen LogP contribution is -2.59. The minimum absolute atomic E-state index is 0.119. The van der Waals surface area contributed by atoms with E-state index in [-0.39, 0.29) is 5.91 Å². The maximum atomic E-state index is 12.6.